The third-order valence-corrected chi connectivity index (χ3v) is 4.78. The first-order valence-electron chi connectivity index (χ1n) is 8.51. The van der Waals surface area contributed by atoms with Crippen LogP contribution in [0.3, 0.4) is 0 Å². The Morgan fingerprint density at radius 1 is 1.26 bits per heavy atom. The number of thiocarbonyl (C=S) groups is 1. The number of hydrogen-bond acceptors (Lipinski definition) is 3. The molecule has 2 aliphatic heterocycles. The molecular formula is C17H26N3O2S+. The van der Waals surface area contributed by atoms with Gasteiger partial charge in [0.25, 0.3) is 0 Å². The third-order valence-electron chi connectivity index (χ3n) is 4.52. The van der Waals surface area contributed by atoms with Crippen LogP contribution in [0, 0.1) is 0 Å². The lowest BCUT2D eigenvalue weighted by Gasteiger charge is -2.30. The molecule has 1 aromatic rings. The van der Waals surface area contributed by atoms with Crippen LogP contribution in [0.4, 0.5) is 0 Å². The molecule has 2 heterocycles. The van der Waals surface area contributed by atoms with E-state index in [-0.39, 0.29) is 0 Å². The molecule has 0 spiro atoms. The highest BCUT2D eigenvalue weighted by atomic mass is 32.1. The molecule has 0 saturated carbocycles. The molecule has 2 aliphatic rings. The zero-order valence-electron chi connectivity index (χ0n) is 13.7. The van der Waals surface area contributed by atoms with Gasteiger partial charge >= 0.3 is 0 Å². The molecule has 0 atom stereocenters. The van der Waals surface area contributed by atoms with Gasteiger partial charge in [0, 0.05) is 25.4 Å². The van der Waals surface area contributed by atoms with Gasteiger partial charge in [-0.25, -0.2) is 0 Å². The van der Waals surface area contributed by atoms with Gasteiger partial charge in [0.15, 0.2) is 16.6 Å². The number of hydrogen-bond donors (Lipinski definition) is 3. The standard InChI is InChI=1S/C17H25N3O2S/c1-2-7-20-8-5-14(6-9-20)19-17(23)18-11-13-3-4-15-16(10-13)22-12-21-15/h3-4,10,14H,2,5-9,11-12H2,1H3,(H2,18,19,23)/p+1. The minimum absolute atomic E-state index is 0.310. The molecule has 126 valence electrons. The average Bonchev–Trinajstić information content (AvgIpc) is 3.03. The van der Waals surface area contributed by atoms with E-state index in [2.05, 4.69) is 17.6 Å². The summed E-state index contributed by atoms with van der Waals surface area (Å²) in [6.45, 7) is 7.05. The van der Waals surface area contributed by atoms with Crippen LogP contribution in [0.15, 0.2) is 18.2 Å². The Hall–Kier alpha value is -1.53. The van der Waals surface area contributed by atoms with E-state index in [0.29, 0.717) is 19.4 Å². The maximum Gasteiger partial charge on any atom is 0.231 e. The molecule has 0 radical (unpaired) electrons. The largest absolute Gasteiger partial charge is 0.454 e. The van der Waals surface area contributed by atoms with Crippen LogP contribution < -0.4 is 25.0 Å². The Balaban J connectivity index is 1.40. The topological polar surface area (TPSA) is 47.0 Å². The van der Waals surface area contributed by atoms with E-state index in [9.17, 15) is 0 Å². The average molecular weight is 336 g/mol. The summed E-state index contributed by atoms with van der Waals surface area (Å²) in [5.41, 5.74) is 1.14. The fourth-order valence-electron chi connectivity index (χ4n) is 3.24. The first kappa shape index (κ1) is 16.3. The van der Waals surface area contributed by atoms with Crippen LogP contribution in [-0.2, 0) is 6.54 Å². The monoisotopic (exact) mass is 336 g/mol. The number of ether oxygens (including phenoxy) is 2. The van der Waals surface area contributed by atoms with Crippen molar-refractivity contribution < 1.29 is 14.4 Å². The van der Waals surface area contributed by atoms with E-state index in [1.807, 2.05) is 18.2 Å². The van der Waals surface area contributed by atoms with Crippen molar-refractivity contribution in [1.29, 1.82) is 0 Å². The number of fused-ring (bicyclic) bond motifs is 1. The van der Waals surface area contributed by atoms with Crippen molar-refractivity contribution in [2.75, 3.05) is 26.4 Å². The van der Waals surface area contributed by atoms with Crippen molar-refractivity contribution in [2.45, 2.75) is 38.8 Å². The molecular weight excluding hydrogens is 310 g/mol. The highest BCUT2D eigenvalue weighted by Crippen LogP contribution is 2.32. The molecule has 6 heteroatoms. The summed E-state index contributed by atoms with van der Waals surface area (Å²) in [6, 6.07) is 6.50. The van der Waals surface area contributed by atoms with E-state index < -0.39 is 0 Å². The van der Waals surface area contributed by atoms with Crippen LogP contribution in [0.2, 0.25) is 0 Å². The molecule has 0 bridgehead atoms. The number of likely N-dealkylation sites (tertiary alicyclic amines) is 1. The van der Waals surface area contributed by atoms with Crippen LogP contribution in [0.1, 0.15) is 31.7 Å². The maximum absolute atomic E-state index is 5.43. The Bertz CT molecular complexity index is 545. The Morgan fingerprint density at radius 2 is 2.04 bits per heavy atom. The summed E-state index contributed by atoms with van der Waals surface area (Å²) in [5, 5.41) is 7.49. The van der Waals surface area contributed by atoms with E-state index in [0.717, 1.165) is 22.2 Å². The quantitative estimate of drug-likeness (QED) is 0.696. The molecule has 23 heavy (non-hydrogen) atoms. The Morgan fingerprint density at radius 3 is 2.83 bits per heavy atom. The second-order valence-corrected chi connectivity index (χ2v) is 6.70. The molecule has 1 aromatic carbocycles. The van der Waals surface area contributed by atoms with Gasteiger partial charge in [-0.15, -0.1) is 0 Å². The van der Waals surface area contributed by atoms with Crippen molar-refractivity contribution >= 4 is 17.3 Å². The lowest BCUT2D eigenvalue weighted by Crippen LogP contribution is -3.13. The van der Waals surface area contributed by atoms with Gasteiger partial charge in [-0.2, -0.15) is 0 Å². The maximum atomic E-state index is 5.43. The highest BCUT2D eigenvalue weighted by molar-refractivity contribution is 7.80. The minimum atomic E-state index is 0.310. The third kappa shape index (κ3) is 4.48. The summed E-state index contributed by atoms with van der Waals surface area (Å²) in [5.74, 6) is 1.63. The van der Waals surface area contributed by atoms with Gasteiger partial charge in [-0.1, -0.05) is 13.0 Å². The second kappa shape index (κ2) is 7.84. The van der Waals surface area contributed by atoms with Crippen molar-refractivity contribution in [3.63, 3.8) is 0 Å². The van der Waals surface area contributed by atoms with E-state index in [1.54, 1.807) is 4.90 Å². The van der Waals surface area contributed by atoms with E-state index >= 15 is 0 Å². The van der Waals surface area contributed by atoms with Gasteiger partial charge in [0.05, 0.1) is 19.6 Å². The molecule has 1 saturated heterocycles. The Labute approximate surface area is 143 Å². The molecule has 0 amide bonds. The summed E-state index contributed by atoms with van der Waals surface area (Å²) in [6.07, 6.45) is 3.66. The zero-order chi connectivity index (χ0) is 16.1. The number of piperidine rings is 1. The fraction of sp³-hybridized carbons (Fsp3) is 0.588. The fourth-order valence-corrected chi connectivity index (χ4v) is 3.48. The van der Waals surface area contributed by atoms with Gasteiger partial charge in [0.1, 0.15) is 0 Å². The van der Waals surface area contributed by atoms with Crippen molar-refractivity contribution in [3.05, 3.63) is 23.8 Å². The van der Waals surface area contributed by atoms with Gasteiger partial charge in [-0.3, -0.25) is 0 Å². The normalized spacial score (nSPS) is 22.7. The van der Waals surface area contributed by atoms with E-state index in [1.165, 1.54) is 38.9 Å². The number of benzene rings is 1. The van der Waals surface area contributed by atoms with Gasteiger partial charge < -0.3 is 25.0 Å². The zero-order valence-corrected chi connectivity index (χ0v) is 14.5. The predicted octanol–water partition coefficient (Wildman–Crippen LogP) is 0.837. The predicted molar refractivity (Wildman–Crippen MR) is 94.0 cm³/mol. The summed E-state index contributed by atoms with van der Waals surface area (Å²) in [7, 11) is 0. The minimum Gasteiger partial charge on any atom is -0.454 e. The lowest BCUT2D eigenvalue weighted by molar-refractivity contribution is -0.905. The second-order valence-electron chi connectivity index (χ2n) is 6.29. The summed E-state index contributed by atoms with van der Waals surface area (Å²) in [4.78, 5) is 1.73. The first-order valence-corrected chi connectivity index (χ1v) is 8.92. The number of rotatable bonds is 5. The van der Waals surface area contributed by atoms with Crippen LogP contribution in [-0.4, -0.2) is 37.6 Å². The van der Waals surface area contributed by atoms with Gasteiger partial charge in [-0.05, 0) is 36.3 Å². The van der Waals surface area contributed by atoms with Gasteiger partial charge in [0.2, 0.25) is 6.79 Å². The molecule has 5 nitrogen and oxygen atoms in total. The molecule has 0 unspecified atom stereocenters. The molecule has 3 rings (SSSR count). The van der Waals surface area contributed by atoms with Crippen molar-refractivity contribution in [2.24, 2.45) is 0 Å². The molecule has 1 fully saturated rings. The van der Waals surface area contributed by atoms with E-state index in [4.69, 9.17) is 21.7 Å². The lowest BCUT2D eigenvalue weighted by atomic mass is 10.1. The van der Waals surface area contributed by atoms with Crippen molar-refractivity contribution in [1.82, 2.24) is 10.6 Å². The molecule has 0 aliphatic carbocycles. The summed E-state index contributed by atoms with van der Waals surface area (Å²) >= 11 is 5.43. The Kier molecular flexibility index (Phi) is 5.56. The van der Waals surface area contributed by atoms with Crippen LogP contribution in [0.25, 0.3) is 0 Å². The number of nitrogens with one attached hydrogen (secondary N) is 3. The molecule has 0 aromatic heterocycles. The highest BCUT2D eigenvalue weighted by Gasteiger charge is 2.21. The van der Waals surface area contributed by atoms with Crippen molar-refractivity contribution in [3.8, 4) is 11.5 Å². The number of quaternary nitrogens is 1. The summed E-state index contributed by atoms with van der Waals surface area (Å²) < 4.78 is 10.7. The SMILES string of the molecule is CCC[NH+]1CCC(NC(=S)NCc2ccc3c(c2)OCO3)CC1. The first-order chi connectivity index (χ1) is 11.2. The van der Waals surface area contributed by atoms with Crippen LogP contribution >= 0.6 is 12.2 Å². The van der Waals surface area contributed by atoms with Crippen LogP contribution in [0.5, 0.6) is 11.5 Å². The molecule has 3 N–H and O–H groups in total. The smallest absolute Gasteiger partial charge is 0.231 e.